The van der Waals surface area contributed by atoms with Crippen molar-refractivity contribution >= 4 is 24.2 Å². The highest BCUT2D eigenvalue weighted by atomic mass is 16.7. The molecule has 38 heavy (non-hydrogen) atoms. The Kier molecular flexibility index (Phi) is 13.6. The zero-order valence-corrected chi connectivity index (χ0v) is 23.4. The van der Waals surface area contributed by atoms with Gasteiger partial charge in [0.1, 0.15) is 17.7 Å². The van der Waals surface area contributed by atoms with Crippen LogP contribution in [0.1, 0.15) is 72.8 Å². The summed E-state index contributed by atoms with van der Waals surface area (Å²) in [6.45, 7) is 10.8. The van der Waals surface area contributed by atoms with Gasteiger partial charge in [-0.05, 0) is 50.3 Å². The first-order valence-electron chi connectivity index (χ1n) is 12.8. The summed E-state index contributed by atoms with van der Waals surface area (Å²) < 4.78 is 31.0. The van der Waals surface area contributed by atoms with E-state index in [1.807, 2.05) is 27.7 Å². The third-order valence-corrected chi connectivity index (χ3v) is 5.64. The first-order valence-corrected chi connectivity index (χ1v) is 12.8. The van der Waals surface area contributed by atoms with Gasteiger partial charge in [0, 0.05) is 19.3 Å². The van der Waals surface area contributed by atoms with E-state index in [1.165, 1.54) is 19.2 Å². The minimum Gasteiger partial charge on any atom is -0.468 e. The zero-order chi connectivity index (χ0) is 28.9. The molecule has 0 saturated carbocycles. The third-order valence-electron chi connectivity index (χ3n) is 5.64. The monoisotopic (exact) mass is 539 g/mol. The van der Waals surface area contributed by atoms with Crippen molar-refractivity contribution in [1.29, 1.82) is 0 Å². The molecule has 0 amide bonds. The van der Waals surface area contributed by atoms with Gasteiger partial charge in [0.05, 0.1) is 13.7 Å². The smallest absolute Gasteiger partial charge is 0.468 e. The average Bonchev–Trinajstić information content (AvgIpc) is 2.84. The second-order valence-electron chi connectivity index (χ2n) is 9.55. The molecule has 3 atom stereocenters. The zero-order valence-electron chi connectivity index (χ0n) is 23.4. The lowest BCUT2D eigenvalue weighted by Crippen LogP contribution is -2.51. The number of ether oxygens (including phenoxy) is 6. The quantitative estimate of drug-likeness (QED) is 0.199. The van der Waals surface area contributed by atoms with Crippen LogP contribution in [-0.4, -0.2) is 55.7 Å². The number of nitrogens with two attached hydrogens (primary N) is 1. The first kappa shape index (κ1) is 32.7. The molecule has 0 saturated heterocycles. The van der Waals surface area contributed by atoms with Crippen molar-refractivity contribution < 1.29 is 47.6 Å². The Morgan fingerprint density at radius 1 is 0.895 bits per heavy atom. The van der Waals surface area contributed by atoms with Gasteiger partial charge in [-0.25, -0.2) is 9.59 Å². The average molecular weight is 540 g/mol. The number of carbonyl (C=O) groups excluding carboxylic acids is 4. The number of hydrogen-bond acceptors (Lipinski definition) is 11. The molecule has 1 aromatic carbocycles. The van der Waals surface area contributed by atoms with Gasteiger partial charge in [0.2, 0.25) is 0 Å². The summed E-state index contributed by atoms with van der Waals surface area (Å²) in [5, 5.41) is 0. The van der Waals surface area contributed by atoms with E-state index < -0.39 is 35.9 Å². The van der Waals surface area contributed by atoms with Crippen LogP contribution in [0.15, 0.2) is 18.2 Å². The van der Waals surface area contributed by atoms with Gasteiger partial charge >= 0.3 is 24.2 Å². The highest BCUT2D eigenvalue weighted by Crippen LogP contribution is 2.31. The molecule has 0 aromatic heterocycles. The highest BCUT2D eigenvalue weighted by Gasteiger charge is 2.36. The number of carbonyl (C=O) groups is 4. The van der Waals surface area contributed by atoms with Crippen molar-refractivity contribution in [1.82, 2.24) is 0 Å². The standard InChI is InChI=1S/C27H41NO10/c1-8-18(5)35-25(31)37-21-11-10-20(15-22(21)38-26(32)36-19(6)9-2)16-27(28,24(30)33-7)12-13-34-23(29)14-17(3)4/h10-11,15,17-19H,8-9,12-14,16,28H2,1-7H3/t18-,19?,27+/m0/s1. The van der Waals surface area contributed by atoms with Gasteiger partial charge in [0.25, 0.3) is 0 Å². The van der Waals surface area contributed by atoms with Crippen LogP contribution in [0.2, 0.25) is 0 Å². The molecule has 0 heterocycles. The molecule has 1 rings (SSSR count). The molecule has 0 aliphatic carbocycles. The van der Waals surface area contributed by atoms with E-state index in [4.69, 9.17) is 34.2 Å². The predicted molar refractivity (Wildman–Crippen MR) is 138 cm³/mol. The van der Waals surface area contributed by atoms with Gasteiger partial charge in [-0.3, -0.25) is 9.59 Å². The molecule has 2 N–H and O–H groups in total. The summed E-state index contributed by atoms with van der Waals surface area (Å²) in [4.78, 5) is 49.0. The van der Waals surface area contributed by atoms with Crippen LogP contribution in [0.3, 0.4) is 0 Å². The molecule has 0 aliphatic heterocycles. The summed E-state index contributed by atoms with van der Waals surface area (Å²) >= 11 is 0. The number of rotatable bonds is 14. The molecular formula is C27H41NO10. The van der Waals surface area contributed by atoms with Crippen molar-refractivity contribution in [3.8, 4) is 11.5 Å². The second kappa shape index (κ2) is 15.8. The number of hydrogen-bond donors (Lipinski definition) is 1. The SMILES string of the molecule is CCC(C)OC(=O)Oc1cc(C[C@](N)(CCOC(=O)CC(C)C)C(=O)OC)ccc1OC(=O)O[C@@H](C)CC. The normalized spacial score (nSPS) is 14.0. The molecule has 1 aromatic rings. The van der Waals surface area contributed by atoms with E-state index in [0.717, 1.165) is 0 Å². The van der Waals surface area contributed by atoms with E-state index in [2.05, 4.69) is 0 Å². The van der Waals surface area contributed by atoms with Crippen LogP contribution in [-0.2, 0) is 35.0 Å². The molecule has 214 valence electrons. The van der Waals surface area contributed by atoms with Crippen molar-refractivity contribution in [2.75, 3.05) is 13.7 Å². The number of methoxy groups -OCH3 is 1. The van der Waals surface area contributed by atoms with Gasteiger partial charge < -0.3 is 34.2 Å². The molecule has 11 heteroatoms. The maximum atomic E-state index is 12.6. The number of benzene rings is 1. The molecule has 0 fully saturated rings. The van der Waals surface area contributed by atoms with Crippen molar-refractivity contribution in [2.24, 2.45) is 11.7 Å². The minimum absolute atomic E-state index is 0.0186. The Hall–Kier alpha value is -3.34. The Morgan fingerprint density at radius 2 is 1.45 bits per heavy atom. The summed E-state index contributed by atoms with van der Waals surface area (Å²) in [6, 6.07) is 4.34. The van der Waals surface area contributed by atoms with Crippen LogP contribution in [0.5, 0.6) is 11.5 Å². The van der Waals surface area contributed by atoms with E-state index in [0.29, 0.717) is 18.4 Å². The minimum atomic E-state index is -1.56. The first-order chi connectivity index (χ1) is 17.8. The van der Waals surface area contributed by atoms with Gasteiger partial charge in [-0.1, -0.05) is 33.8 Å². The van der Waals surface area contributed by atoms with Gasteiger partial charge in [-0.2, -0.15) is 0 Å². The van der Waals surface area contributed by atoms with Gasteiger partial charge in [-0.15, -0.1) is 0 Å². The third kappa shape index (κ3) is 11.4. The van der Waals surface area contributed by atoms with Gasteiger partial charge in [0.15, 0.2) is 11.5 Å². The lowest BCUT2D eigenvalue weighted by molar-refractivity contribution is -0.151. The van der Waals surface area contributed by atoms with E-state index in [-0.39, 0.29) is 49.4 Å². The summed E-state index contributed by atoms with van der Waals surface area (Å²) in [7, 11) is 1.20. The Labute approximate surface area is 224 Å². The summed E-state index contributed by atoms with van der Waals surface area (Å²) in [6.07, 6.45) is -1.45. The molecule has 1 unspecified atom stereocenters. The predicted octanol–water partition coefficient (Wildman–Crippen LogP) is 4.71. The molecule has 0 radical (unpaired) electrons. The Bertz CT molecular complexity index is 948. The van der Waals surface area contributed by atoms with Crippen LogP contribution in [0.25, 0.3) is 0 Å². The maximum absolute atomic E-state index is 12.6. The fourth-order valence-corrected chi connectivity index (χ4v) is 3.12. The Balaban J connectivity index is 3.18. The molecule has 0 bridgehead atoms. The fourth-order valence-electron chi connectivity index (χ4n) is 3.12. The maximum Gasteiger partial charge on any atom is 0.514 e. The molecule has 11 nitrogen and oxygen atoms in total. The fraction of sp³-hybridized carbons (Fsp3) is 0.630. The molecule has 0 spiro atoms. The van der Waals surface area contributed by atoms with E-state index in [9.17, 15) is 19.2 Å². The summed E-state index contributed by atoms with van der Waals surface area (Å²) in [5.74, 6) is -1.21. The van der Waals surface area contributed by atoms with Crippen LogP contribution in [0, 0.1) is 5.92 Å². The van der Waals surface area contributed by atoms with E-state index in [1.54, 1.807) is 19.9 Å². The lowest BCUT2D eigenvalue weighted by Gasteiger charge is -2.27. The number of esters is 2. The van der Waals surface area contributed by atoms with Crippen molar-refractivity contribution in [3.05, 3.63) is 23.8 Å². The van der Waals surface area contributed by atoms with Crippen LogP contribution >= 0.6 is 0 Å². The van der Waals surface area contributed by atoms with Crippen LogP contribution < -0.4 is 15.2 Å². The van der Waals surface area contributed by atoms with E-state index >= 15 is 0 Å². The topological polar surface area (TPSA) is 150 Å². The van der Waals surface area contributed by atoms with Crippen molar-refractivity contribution in [2.45, 2.75) is 91.4 Å². The molecule has 0 aliphatic rings. The lowest BCUT2D eigenvalue weighted by atomic mass is 9.88. The second-order valence-corrected chi connectivity index (χ2v) is 9.55. The highest BCUT2D eigenvalue weighted by molar-refractivity contribution is 5.81. The Morgan fingerprint density at radius 3 is 1.95 bits per heavy atom. The summed E-state index contributed by atoms with van der Waals surface area (Å²) in [5.41, 5.74) is 5.29. The van der Waals surface area contributed by atoms with Crippen molar-refractivity contribution in [3.63, 3.8) is 0 Å². The molecular weight excluding hydrogens is 498 g/mol. The largest absolute Gasteiger partial charge is 0.514 e. The van der Waals surface area contributed by atoms with Crippen LogP contribution in [0.4, 0.5) is 9.59 Å².